The molecule has 1 aliphatic heterocycles. The SMILES string of the molecule is C=CCCC(C=C)N1Cc2ccc(C)cc2C1. The Balaban J connectivity index is 2.07. The van der Waals surface area contributed by atoms with Crippen molar-refractivity contribution in [2.24, 2.45) is 0 Å². The Labute approximate surface area is 104 Å². The van der Waals surface area contributed by atoms with Crippen LogP contribution in [-0.2, 0) is 13.1 Å². The smallest absolute Gasteiger partial charge is 0.0285 e. The first-order valence-corrected chi connectivity index (χ1v) is 6.30. The molecular formula is C16H21N. The van der Waals surface area contributed by atoms with Crippen molar-refractivity contribution in [2.75, 3.05) is 0 Å². The van der Waals surface area contributed by atoms with Crippen molar-refractivity contribution in [3.05, 3.63) is 60.2 Å². The van der Waals surface area contributed by atoms with Gasteiger partial charge < -0.3 is 0 Å². The van der Waals surface area contributed by atoms with Crippen LogP contribution >= 0.6 is 0 Å². The lowest BCUT2D eigenvalue weighted by Crippen LogP contribution is -2.28. The fourth-order valence-electron chi connectivity index (χ4n) is 2.52. The third-order valence-corrected chi connectivity index (χ3v) is 3.52. The highest BCUT2D eigenvalue weighted by Crippen LogP contribution is 2.27. The molecule has 0 radical (unpaired) electrons. The van der Waals surface area contributed by atoms with Gasteiger partial charge in [-0.3, -0.25) is 4.90 Å². The number of nitrogens with zero attached hydrogens (tertiary/aromatic N) is 1. The molecule has 0 saturated heterocycles. The molecule has 1 aromatic carbocycles. The number of benzene rings is 1. The third kappa shape index (κ3) is 2.67. The maximum Gasteiger partial charge on any atom is 0.0285 e. The van der Waals surface area contributed by atoms with E-state index in [9.17, 15) is 0 Å². The Morgan fingerprint density at radius 1 is 1.29 bits per heavy atom. The van der Waals surface area contributed by atoms with Gasteiger partial charge in [0.05, 0.1) is 0 Å². The van der Waals surface area contributed by atoms with Crippen LogP contribution in [0.2, 0.25) is 0 Å². The molecule has 90 valence electrons. The van der Waals surface area contributed by atoms with Crippen LogP contribution in [0.25, 0.3) is 0 Å². The monoisotopic (exact) mass is 227 g/mol. The summed E-state index contributed by atoms with van der Waals surface area (Å²) in [6.45, 7) is 12.0. The van der Waals surface area contributed by atoms with E-state index in [0.29, 0.717) is 6.04 Å². The molecule has 0 spiro atoms. The Kier molecular flexibility index (Phi) is 3.80. The van der Waals surface area contributed by atoms with Crippen LogP contribution < -0.4 is 0 Å². The normalized spacial score (nSPS) is 16.5. The molecule has 1 atom stereocenters. The highest BCUT2D eigenvalue weighted by atomic mass is 15.2. The van der Waals surface area contributed by atoms with Crippen LogP contribution in [0.3, 0.4) is 0 Å². The number of rotatable bonds is 5. The standard InChI is InChI=1S/C16H21N/c1-4-6-7-16(5-2)17-11-14-9-8-13(3)10-15(14)12-17/h4-5,8-10,16H,1-2,6-7,11-12H2,3H3. The van der Waals surface area contributed by atoms with E-state index in [1.165, 1.54) is 16.7 Å². The van der Waals surface area contributed by atoms with Crippen LogP contribution in [0.5, 0.6) is 0 Å². The van der Waals surface area contributed by atoms with Gasteiger partial charge in [-0.15, -0.1) is 13.2 Å². The van der Waals surface area contributed by atoms with Gasteiger partial charge in [0.1, 0.15) is 0 Å². The summed E-state index contributed by atoms with van der Waals surface area (Å²) in [6.07, 6.45) is 6.24. The molecular weight excluding hydrogens is 206 g/mol. The second-order valence-electron chi connectivity index (χ2n) is 4.85. The minimum Gasteiger partial charge on any atom is -0.288 e. The predicted molar refractivity (Wildman–Crippen MR) is 73.8 cm³/mol. The molecule has 0 bridgehead atoms. The zero-order valence-corrected chi connectivity index (χ0v) is 10.7. The Morgan fingerprint density at radius 3 is 2.76 bits per heavy atom. The van der Waals surface area contributed by atoms with Gasteiger partial charge in [-0.2, -0.15) is 0 Å². The van der Waals surface area contributed by atoms with Crippen molar-refractivity contribution in [1.82, 2.24) is 4.90 Å². The van der Waals surface area contributed by atoms with E-state index < -0.39 is 0 Å². The van der Waals surface area contributed by atoms with E-state index in [4.69, 9.17) is 0 Å². The van der Waals surface area contributed by atoms with Crippen molar-refractivity contribution in [3.8, 4) is 0 Å². The highest BCUT2D eigenvalue weighted by molar-refractivity contribution is 5.34. The van der Waals surface area contributed by atoms with Crippen molar-refractivity contribution in [1.29, 1.82) is 0 Å². The Bertz CT molecular complexity index is 420. The van der Waals surface area contributed by atoms with Crippen molar-refractivity contribution >= 4 is 0 Å². The average molecular weight is 227 g/mol. The van der Waals surface area contributed by atoms with Crippen molar-refractivity contribution in [2.45, 2.75) is 38.9 Å². The molecule has 1 heteroatoms. The first-order valence-electron chi connectivity index (χ1n) is 6.30. The van der Waals surface area contributed by atoms with Gasteiger partial charge in [0.2, 0.25) is 0 Å². The van der Waals surface area contributed by atoms with E-state index in [-0.39, 0.29) is 0 Å². The van der Waals surface area contributed by atoms with Gasteiger partial charge in [-0.25, -0.2) is 0 Å². The average Bonchev–Trinajstić information content (AvgIpc) is 2.72. The quantitative estimate of drug-likeness (QED) is 0.691. The number of aryl methyl sites for hydroxylation is 1. The van der Waals surface area contributed by atoms with Crippen LogP contribution in [0, 0.1) is 6.92 Å². The van der Waals surface area contributed by atoms with E-state index in [1.807, 2.05) is 6.08 Å². The summed E-state index contributed by atoms with van der Waals surface area (Å²) in [5.41, 5.74) is 4.31. The maximum absolute atomic E-state index is 3.96. The van der Waals surface area contributed by atoms with E-state index >= 15 is 0 Å². The van der Waals surface area contributed by atoms with Crippen LogP contribution in [0.1, 0.15) is 29.5 Å². The van der Waals surface area contributed by atoms with Crippen molar-refractivity contribution < 1.29 is 0 Å². The van der Waals surface area contributed by atoms with Gasteiger partial charge in [-0.05, 0) is 30.9 Å². The van der Waals surface area contributed by atoms with Crippen molar-refractivity contribution in [3.63, 3.8) is 0 Å². The summed E-state index contributed by atoms with van der Waals surface area (Å²) in [5.74, 6) is 0. The second kappa shape index (κ2) is 5.33. The number of allylic oxidation sites excluding steroid dienone is 1. The van der Waals surface area contributed by atoms with Crippen LogP contribution in [0.15, 0.2) is 43.5 Å². The molecule has 1 aromatic rings. The largest absolute Gasteiger partial charge is 0.288 e. The first kappa shape index (κ1) is 12.1. The minimum atomic E-state index is 0.473. The third-order valence-electron chi connectivity index (χ3n) is 3.52. The van der Waals surface area contributed by atoms with Crippen LogP contribution in [-0.4, -0.2) is 10.9 Å². The molecule has 17 heavy (non-hydrogen) atoms. The zero-order chi connectivity index (χ0) is 12.3. The summed E-state index contributed by atoms with van der Waals surface area (Å²) in [7, 11) is 0. The molecule has 1 aliphatic rings. The topological polar surface area (TPSA) is 3.24 Å². The molecule has 0 aromatic heterocycles. The summed E-state index contributed by atoms with van der Waals surface area (Å²) in [6, 6.07) is 7.25. The zero-order valence-electron chi connectivity index (χ0n) is 10.7. The number of fused-ring (bicyclic) bond motifs is 1. The second-order valence-corrected chi connectivity index (χ2v) is 4.85. The summed E-state index contributed by atoms with van der Waals surface area (Å²) < 4.78 is 0. The van der Waals surface area contributed by atoms with Gasteiger partial charge >= 0.3 is 0 Å². The van der Waals surface area contributed by atoms with E-state index in [0.717, 1.165) is 25.9 Å². The van der Waals surface area contributed by atoms with Gasteiger partial charge in [-0.1, -0.05) is 35.9 Å². The molecule has 0 amide bonds. The summed E-state index contributed by atoms with van der Waals surface area (Å²) in [4.78, 5) is 2.50. The minimum absolute atomic E-state index is 0.473. The maximum atomic E-state index is 3.96. The summed E-state index contributed by atoms with van der Waals surface area (Å²) >= 11 is 0. The molecule has 0 fully saturated rings. The van der Waals surface area contributed by atoms with Crippen LogP contribution in [0.4, 0.5) is 0 Å². The van der Waals surface area contributed by atoms with Gasteiger partial charge in [0.15, 0.2) is 0 Å². The van der Waals surface area contributed by atoms with Gasteiger partial charge in [0, 0.05) is 19.1 Å². The van der Waals surface area contributed by atoms with E-state index in [1.54, 1.807) is 0 Å². The molecule has 2 rings (SSSR count). The fourth-order valence-corrected chi connectivity index (χ4v) is 2.52. The Morgan fingerprint density at radius 2 is 2.06 bits per heavy atom. The molecule has 0 N–H and O–H groups in total. The first-order chi connectivity index (χ1) is 8.24. The Hall–Kier alpha value is -1.34. The molecule has 0 saturated carbocycles. The highest BCUT2D eigenvalue weighted by Gasteiger charge is 2.23. The molecule has 1 nitrogen and oxygen atoms in total. The predicted octanol–water partition coefficient (Wildman–Crippen LogP) is 3.83. The lowest BCUT2D eigenvalue weighted by Gasteiger charge is -2.24. The lowest BCUT2D eigenvalue weighted by atomic mass is 10.1. The molecule has 0 aliphatic carbocycles. The fraction of sp³-hybridized carbons (Fsp3) is 0.375. The van der Waals surface area contributed by atoms with Gasteiger partial charge in [0.25, 0.3) is 0 Å². The lowest BCUT2D eigenvalue weighted by molar-refractivity contribution is 0.226. The van der Waals surface area contributed by atoms with E-state index in [2.05, 4.69) is 49.3 Å². The summed E-state index contributed by atoms with van der Waals surface area (Å²) in [5, 5.41) is 0. The number of hydrogen-bond acceptors (Lipinski definition) is 1. The molecule has 1 unspecified atom stereocenters. The molecule has 1 heterocycles. The number of hydrogen-bond donors (Lipinski definition) is 0.